The van der Waals surface area contributed by atoms with Gasteiger partial charge in [-0.1, -0.05) is 48.7 Å². The predicted molar refractivity (Wildman–Crippen MR) is 123 cm³/mol. The van der Waals surface area contributed by atoms with Crippen molar-refractivity contribution in [1.82, 2.24) is 25.2 Å². The molecule has 0 saturated heterocycles. The molecule has 160 valence electrons. The summed E-state index contributed by atoms with van der Waals surface area (Å²) >= 11 is 7.43. The Kier molecular flexibility index (Phi) is 7.32. The van der Waals surface area contributed by atoms with E-state index in [2.05, 4.69) is 30.3 Å². The van der Waals surface area contributed by atoms with E-state index in [1.807, 2.05) is 36.4 Å². The highest BCUT2D eigenvalue weighted by atomic mass is 35.5. The van der Waals surface area contributed by atoms with Gasteiger partial charge in [-0.15, -0.1) is 10.2 Å². The largest absolute Gasteiger partial charge is 0.299 e. The Labute approximate surface area is 190 Å². The number of hydrogen-bond acceptors (Lipinski definition) is 6. The zero-order valence-electron chi connectivity index (χ0n) is 16.9. The van der Waals surface area contributed by atoms with Gasteiger partial charge in [0.15, 0.2) is 11.0 Å². The van der Waals surface area contributed by atoms with Crippen molar-refractivity contribution in [3.05, 3.63) is 59.4 Å². The van der Waals surface area contributed by atoms with Crippen LogP contribution in [0.3, 0.4) is 0 Å². The number of thioether (sulfide) groups is 1. The molecule has 1 aliphatic carbocycles. The third-order valence-electron chi connectivity index (χ3n) is 5.13. The third kappa shape index (κ3) is 5.71. The van der Waals surface area contributed by atoms with Crippen molar-refractivity contribution in [3.63, 3.8) is 0 Å². The number of pyridine rings is 1. The first-order valence-corrected chi connectivity index (χ1v) is 11.6. The lowest BCUT2D eigenvalue weighted by Crippen LogP contribution is -2.20. The van der Waals surface area contributed by atoms with Gasteiger partial charge in [-0.2, -0.15) is 5.10 Å². The number of nitrogens with zero attached hydrogens (tertiary/aromatic N) is 5. The van der Waals surface area contributed by atoms with Crippen LogP contribution in [0, 0.1) is 0 Å². The highest BCUT2D eigenvalue weighted by Crippen LogP contribution is 2.35. The summed E-state index contributed by atoms with van der Waals surface area (Å²) in [6.07, 6.45) is 10.8. The van der Waals surface area contributed by atoms with Crippen LogP contribution < -0.4 is 5.43 Å². The van der Waals surface area contributed by atoms with Gasteiger partial charge in [-0.3, -0.25) is 14.3 Å². The quantitative estimate of drug-likeness (QED) is 0.316. The number of halogens is 1. The molecule has 31 heavy (non-hydrogen) atoms. The summed E-state index contributed by atoms with van der Waals surface area (Å²) in [5, 5.41) is 14.3. The third-order valence-corrected chi connectivity index (χ3v) is 6.32. The number of hydrogen-bond donors (Lipinski definition) is 1. The van der Waals surface area contributed by atoms with Crippen molar-refractivity contribution in [2.75, 3.05) is 5.75 Å². The maximum atomic E-state index is 12.3. The van der Waals surface area contributed by atoms with Gasteiger partial charge in [-0.25, -0.2) is 5.43 Å². The first-order chi connectivity index (χ1) is 15.2. The summed E-state index contributed by atoms with van der Waals surface area (Å²) in [6.45, 7) is 0. The summed E-state index contributed by atoms with van der Waals surface area (Å²) in [6, 6.07) is 11.6. The van der Waals surface area contributed by atoms with Crippen LogP contribution in [0.2, 0.25) is 5.02 Å². The monoisotopic (exact) mass is 454 g/mol. The minimum Gasteiger partial charge on any atom is -0.299 e. The van der Waals surface area contributed by atoms with Gasteiger partial charge in [0.25, 0.3) is 5.91 Å². The number of rotatable bonds is 7. The number of nitrogens with one attached hydrogen (secondary N) is 1. The van der Waals surface area contributed by atoms with Crippen LogP contribution in [0.1, 0.15) is 43.7 Å². The second-order valence-corrected chi connectivity index (χ2v) is 8.72. The van der Waals surface area contributed by atoms with Gasteiger partial charge in [-0.05, 0) is 43.2 Å². The molecule has 0 spiro atoms. The van der Waals surface area contributed by atoms with Crippen molar-refractivity contribution in [3.8, 4) is 11.4 Å². The average molecular weight is 455 g/mol. The Morgan fingerprint density at radius 3 is 2.74 bits per heavy atom. The zero-order valence-corrected chi connectivity index (χ0v) is 18.5. The van der Waals surface area contributed by atoms with Crippen LogP contribution in [-0.2, 0) is 4.79 Å². The van der Waals surface area contributed by atoms with Crippen molar-refractivity contribution in [2.45, 2.75) is 43.3 Å². The fourth-order valence-electron chi connectivity index (χ4n) is 3.63. The van der Waals surface area contributed by atoms with E-state index in [1.54, 1.807) is 18.6 Å². The Balaban J connectivity index is 1.46. The zero-order chi connectivity index (χ0) is 21.5. The molecule has 2 aromatic heterocycles. The Bertz CT molecular complexity index is 1030. The van der Waals surface area contributed by atoms with E-state index in [9.17, 15) is 4.79 Å². The van der Waals surface area contributed by atoms with Gasteiger partial charge in [0.1, 0.15) is 0 Å². The van der Waals surface area contributed by atoms with Crippen molar-refractivity contribution in [2.24, 2.45) is 5.10 Å². The molecule has 0 atom stereocenters. The maximum Gasteiger partial charge on any atom is 0.250 e. The van der Waals surface area contributed by atoms with E-state index in [4.69, 9.17) is 11.6 Å². The predicted octanol–water partition coefficient (Wildman–Crippen LogP) is 4.74. The number of benzene rings is 1. The first-order valence-electron chi connectivity index (χ1n) is 10.3. The van der Waals surface area contributed by atoms with Crippen molar-refractivity contribution in [1.29, 1.82) is 0 Å². The average Bonchev–Trinajstić information content (AvgIpc) is 3.23. The Morgan fingerprint density at radius 1 is 1.19 bits per heavy atom. The van der Waals surface area contributed by atoms with E-state index in [1.165, 1.54) is 31.0 Å². The summed E-state index contributed by atoms with van der Waals surface area (Å²) in [5.74, 6) is 0.827. The van der Waals surface area contributed by atoms with Gasteiger partial charge in [0.05, 0.1) is 12.0 Å². The minimum atomic E-state index is -0.198. The number of carbonyl (C=O) groups excluding carboxylic acids is 1. The summed E-state index contributed by atoms with van der Waals surface area (Å²) in [5.41, 5.74) is 4.35. The SMILES string of the molecule is O=C(CSc1nnc(-c2ccc(Cl)cc2)n1C1CCCCC1)NN=Cc1cccnc1. The molecule has 3 aromatic rings. The molecule has 1 fully saturated rings. The lowest BCUT2D eigenvalue weighted by atomic mass is 9.95. The number of aromatic nitrogens is 4. The molecule has 0 unspecified atom stereocenters. The Hall–Kier alpha value is -2.71. The van der Waals surface area contributed by atoms with E-state index < -0.39 is 0 Å². The summed E-state index contributed by atoms with van der Waals surface area (Å²) < 4.78 is 2.19. The maximum absolute atomic E-state index is 12.3. The van der Waals surface area contributed by atoms with Gasteiger partial charge in [0, 0.05) is 34.6 Å². The van der Waals surface area contributed by atoms with Crippen LogP contribution in [0.15, 0.2) is 59.0 Å². The highest BCUT2D eigenvalue weighted by molar-refractivity contribution is 7.99. The molecule has 4 rings (SSSR count). The van der Waals surface area contributed by atoms with E-state index in [0.29, 0.717) is 11.1 Å². The second-order valence-electron chi connectivity index (χ2n) is 7.34. The normalized spacial score (nSPS) is 14.7. The van der Waals surface area contributed by atoms with Crippen LogP contribution in [0.4, 0.5) is 0 Å². The molecule has 1 amide bonds. The molecule has 7 nitrogen and oxygen atoms in total. The highest BCUT2D eigenvalue weighted by Gasteiger charge is 2.24. The van der Waals surface area contributed by atoms with E-state index in [-0.39, 0.29) is 11.7 Å². The number of hydrazone groups is 1. The molecule has 1 N–H and O–H groups in total. The molecule has 1 saturated carbocycles. The molecule has 0 bridgehead atoms. The van der Waals surface area contributed by atoms with E-state index in [0.717, 1.165) is 34.9 Å². The fourth-order valence-corrected chi connectivity index (χ4v) is 4.56. The summed E-state index contributed by atoms with van der Waals surface area (Å²) in [4.78, 5) is 16.3. The molecule has 2 heterocycles. The molecule has 9 heteroatoms. The standard InChI is InChI=1S/C22H23ClN6OS/c23-18-10-8-17(9-11-18)21-27-28-22(29(21)19-6-2-1-3-7-19)31-15-20(30)26-25-14-16-5-4-12-24-13-16/h4-5,8-14,19H,1-3,6-7,15H2,(H,26,30). The fraction of sp³-hybridized carbons (Fsp3) is 0.318. The van der Waals surface area contributed by atoms with Gasteiger partial charge < -0.3 is 0 Å². The van der Waals surface area contributed by atoms with Crippen LogP contribution in [0.5, 0.6) is 0 Å². The van der Waals surface area contributed by atoms with Crippen LogP contribution in [-0.4, -0.2) is 37.6 Å². The summed E-state index contributed by atoms with van der Waals surface area (Å²) in [7, 11) is 0. The molecule has 0 aliphatic heterocycles. The second kappa shape index (κ2) is 10.5. The topological polar surface area (TPSA) is 85.1 Å². The lowest BCUT2D eigenvalue weighted by Gasteiger charge is -2.25. The number of carbonyl (C=O) groups is 1. The van der Waals surface area contributed by atoms with Gasteiger partial charge >= 0.3 is 0 Å². The van der Waals surface area contributed by atoms with Gasteiger partial charge in [0.2, 0.25) is 0 Å². The first kappa shape index (κ1) is 21.5. The van der Waals surface area contributed by atoms with Crippen molar-refractivity contribution < 1.29 is 4.79 Å². The molecular weight excluding hydrogens is 432 g/mol. The molecule has 1 aromatic carbocycles. The molecule has 0 radical (unpaired) electrons. The lowest BCUT2D eigenvalue weighted by molar-refractivity contribution is -0.118. The van der Waals surface area contributed by atoms with Crippen molar-refractivity contribution >= 4 is 35.5 Å². The van der Waals surface area contributed by atoms with Crippen LogP contribution in [0.25, 0.3) is 11.4 Å². The number of amides is 1. The minimum absolute atomic E-state index is 0.198. The van der Waals surface area contributed by atoms with E-state index >= 15 is 0 Å². The molecular formula is C22H23ClN6OS. The molecule has 1 aliphatic rings. The smallest absolute Gasteiger partial charge is 0.250 e. The Morgan fingerprint density at radius 2 is 2.00 bits per heavy atom. The van der Waals surface area contributed by atoms with Crippen LogP contribution >= 0.6 is 23.4 Å².